The third-order valence-corrected chi connectivity index (χ3v) is 3.99. The Labute approximate surface area is 155 Å². The number of carbonyl (C=O) groups excluding carboxylic acids is 1. The number of amides is 2. The molecule has 2 aromatic heterocycles. The van der Waals surface area contributed by atoms with Crippen LogP contribution in [0.3, 0.4) is 0 Å². The Bertz CT molecular complexity index is 972. The van der Waals surface area contributed by atoms with Crippen molar-refractivity contribution >= 4 is 51.6 Å². The summed E-state index contributed by atoms with van der Waals surface area (Å²) in [6.07, 6.45) is 1.93. The molecule has 0 atom stereocenters. The minimum absolute atomic E-state index is 0.105. The van der Waals surface area contributed by atoms with E-state index in [9.17, 15) is 9.59 Å². The molecule has 0 fully saturated rings. The largest absolute Gasteiger partial charge is 0.464 e. The Kier molecular flexibility index (Phi) is 4.70. The molecule has 0 spiro atoms. The maximum Gasteiger partial charge on any atom is 0.415 e. The van der Waals surface area contributed by atoms with E-state index in [1.54, 1.807) is 24.3 Å². The molecule has 0 radical (unpaired) electrons. The van der Waals surface area contributed by atoms with Crippen molar-refractivity contribution in [3.05, 3.63) is 40.2 Å². The van der Waals surface area contributed by atoms with Crippen molar-refractivity contribution in [1.29, 1.82) is 0 Å². The Morgan fingerprint density at radius 2 is 2.12 bits per heavy atom. The van der Waals surface area contributed by atoms with E-state index in [0.29, 0.717) is 20.2 Å². The lowest BCUT2D eigenvalue weighted by atomic mass is 10.2. The van der Waals surface area contributed by atoms with Gasteiger partial charge in [-0.15, -0.1) is 0 Å². The molecule has 10 heteroatoms. The van der Waals surface area contributed by atoms with E-state index in [1.165, 1.54) is 19.4 Å². The molecule has 0 bridgehead atoms. The fraction of sp³-hybridized carbons (Fsp3) is 0.0667. The van der Waals surface area contributed by atoms with Crippen molar-refractivity contribution in [2.75, 3.05) is 12.4 Å². The van der Waals surface area contributed by atoms with Crippen LogP contribution in [0.2, 0.25) is 0 Å². The zero-order chi connectivity index (χ0) is 18.0. The van der Waals surface area contributed by atoms with Crippen LogP contribution in [0.25, 0.3) is 10.9 Å². The molecule has 0 aliphatic rings. The summed E-state index contributed by atoms with van der Waals surface area (Å²) in [6.45, 7) is 0. The van der Waals surface area contributed by atoms with Gasteiger partial charge < -0.3 is 15.2 Å². The van der Waals surface area contributed by atoms with Crippen LogP contribution in [-0.4, -0.2) is 38.8 Å². The van der Waals surface area contributed by atoms with Crippen LogP contribution in [0, 0.1) is 3.57 Å². The zero-order valence-corrected chi connectivity index (χ0v) is 15.0. The van der Waals surface area contributed by atoms with E-state index in [-0.39, 0.29) is 11.8 Å². The van der Waals surface area contributed by atoms with Crippen LogP contribution in [0.5, 0.6) is 11.6 Å². The molecule has 0 aliphatic carbocycles. The Morgan fingerprint density at radius 1 is 1.32 bits per heavy atom. The highest BCUT2D eigenvalue weighted by Gasteiger charge is 2.12. The quantitative estimate of drug-likeness (QED) is 0.525. The van der Waals surface area contributed by atoms with Gasteiger partial charge in [-0.25, -0.2) is 14.6 Å². The molecule has 2 heterocycles. The second-order valence-electron chi connectivity index (χ2n) is 4.84. The van der Waals surface area contributed by atoms with Crippen LogP contribution in [0.1, 0.15) is 0 Å². The standard InChI is InChI=1S/C15H12IN5O4/c1-17-14(22)20-13-18-7-10(16)12(19-13)25-9-2-3-11-8(6-9)4-5-21(11)15(23)24/h2-7H,1H3,(H,23,24)(H2,17,18,19,20,22). The van der Waals surface area contributed by atoms with Crippen molar-refractivity contribution in [3.63, 3.8) is 0 Å². The van der Waals surface area contributed by atoms with Crippen LogP contribution < -0.4 is 15.4 Å². The van der Waals surface area contributed by atoms with Crippen molar-refractivity contribution in [2.45, 2.75) is 0 Å². The molecule has 9 nitrogen and oxygen atoms in total. The Morgan fingerprint density at radius 3 is 2.84 bits per heavy atom. The maximum absolute atomic E-state index is 11.3. The number of halogens is 1. The van der Waals surface area contributed by atoms with E-state index in [0.717, 1.165) is 4.57 Å². The minimum Gasteiger partial charge on any atom is -0.464 e. The van der Waals surface area contributed by atoms with Crippen molar-refractivity contribution in [1.82, 2.24) is 19.9 Å². The SMILES string of the molecule is CNC(=O)Nc1ncc(I)c(Oc2ccc3c(ccn3C(=O)O)c2)n1. The topological polar surface area (TPSA) is 118 Å². The molecule has 1 aromatic carbocycles. The molecular weight excluding hydrogens is 441 g/mol. The number of carboxylic acid groups (broad SMARTS) is 1. The van der Waals surface area contributed by atoms with Crippen LogP contribution in [-0.2, 0) is 0 Å². The highest BCUT2D eigenvalue weighted by Crippen LogP contribution is 2.28. The lowest BCUT2D eigenvalue weighted by Crippen LogP contribution is -2.25. The summed E-state index contributed by atoms with van der Waals surface area (Å²) in [4.78, 5) is 30.6. The summed E-state index contributed by atoms with van der Waals surface area (Å²) >= 11 is 2.02. The lowest BCUT2D eigenvalue weighted by Gasteiger charge is -2.09. The molecular formula is C15H12IN5O4. The number of aromatic nitrogens is 3. The first-order valence-electron chi connectivity index (χ1n) is 7.01. The maximum atomic E-state index is 11.3. The molecule has 3 rings (SSSR count). The third kappa shape index (κ3) is 3.63. The van der Waals surface area contributed by atoms with E-state index < -0.39 is 12.1 Å². The molecule has 128 valence electrons. The fourth-order valence-corrected chi connectivity index (χ4v) is 2.48. The van der Waals surface area contributed by atoms with Gasteiger partial charge in [-0.1, -0.05) is 0 Å². The number of rotatable bonds is 3. The molecule has 0 saturated heterocycles. The fourth-order valence-electron chi connectivity index (χ4n) is 2.11. The van der Waals surface area contributed by atoms with Gasteiger partial charge in [0.15, 0.2) is 0 Å². The van der Waals surface area contributed by atoms with Crippen molar-refractivity contribution in [3.8, 4) is 11.6 Å². The number of hydrogen-bond acceptors (Lipinski definition) is 5. The van der Waals surface area contributed by atoms with Crippen LogP contribution >= 0.6 is 22.6 Å². The highest BCUT2D eigenvalue weighted by atomic mass is 127. The third-order valence-electron chi connectivity index (χ3n) is 3.25. The van der Waals surface area contributed by atoms with Crippen LogP contribution in [0.15, 0.2) is 36.7 Å². The molecule has 3 aromatic rings. The summed E-state index contributed by atoms with van der Waals surface area (Å²) in [7, 11) is 1.48. The monoisotopic (exact) mass is 453 g/mol. The summed E-state index contributed by atoms with van der Waals surface area (Å²) in [6, 6.07) is 6.24. The van der Waals surface area contributed by atoms with E-state index in [1.807, 2.05) is 22.6 Å². The molecule has 25 heavy (non-hydrogen) atoms. The van der Waals surface area contributed by atoms with Gasteiger partial charge >= 0.3 is 12.1 Å². The number of ether oxygens (including phenoxy) is 1. The molecule has 3 N–H and O–H groups in total. The second kappa shape index (κ2) is 6.93. The second-order valence-corrected chi connectivity index (χ2v) is 6.00. The van der Waals surface area contributed by atoms with Crippen molar-refractivity contribution < 1.29 is 19.4 Å². The number of nitrogens with one attached hydrogen (secondary N) is 2. The number of nitrogens with zero attached hydrogens (tertiary/aromatic N) is 3. The van der Waals surface area contributed by atoms with Gasteiger partial charge in [0, 0.05) is 24.8 Å². The first-order chi connectivity index (χ1) is 12.0. The number of urea groups is 1. The molecule has 0 saturated carbocycles. The predicted molar refractivity (Wildman–Crippen MR) is 98.3 cm³/mol. The number of fused-ring (bicyclic) bond motifs is 1. The lowest BCUT2D eigenvalue weighted by molar-refractivity contribution is 0.197. The predicted octanol–water partition coefficient (Wildman–Crippen LogP) is 3.11. The van der Waals surface area contributed by atoms with E-state index in [4.69, 9.17) is 9.84 Å². The minimum atomic E-state index is -1.06. The van der Waals surface area contributed by atoms with E-state index in [2.05, 4.69) is 20.6 Å². The Hall–Kier alpha value is -2.89. The summed E-state index contributed by atoms with van der Waals surface area (Å²) < 4.78 is 7.54. The molecule has 2 amide bonds. The number of benzene rings is 1. The van der Waals surface area contributed by atoms with Gasteiger partial charge in [-0.2, -0.15) is 4.98 Å². The van der Waals surface area contributed by atoms with Gasteiger partial charge in [0.25, 0.3) is 0 Å². The summed E-state index contributed by atoms with van der Waals surface area (Å²) in [5.41, 5.74) is 0.555. The van der Waals surface area contributed by atoms with Gasteiger partial charge in [0.1, 0.15) is 5.75 Å². The van der Waals surface area contributed by atoms with Gasteiger partial charge in [0.2, 0.25) is 11.8 Å². The number of anilines is 1. The zero-order valence-electron chi connectivity index (χ0n) is 12.9. The van der Waals surface area contributed by atoms with Crippen LogP contribution in [0.4, 0.5) is 15.5 Å². The van der Waals surface area contributed by atoms with Gasteiger partial charge in [-0.05, 0) is 46.9 Å². The molecule has 0 aliphatic heterocycles. The number of hydrogen-bond donors (Lipinski definition) is 3. The summed E-state index contributed by atoms with van der Waals surface area (Å²) in [5.74, 6) is 0.866. The van der Waals surface area contributed by atoms with Gasteiger partial charge in [0.05, 0.1) is 9.09 Å². The smallest absolute Gasteiger partial charge is 0.415 e. The summed E-state index contributed by atoms with van der Waals surface area (Å²) in [5, 5.41) is 14.7. The van der Waals surface area contributed by atoms with Gasteiger partial charge in [-0.3, -0.25) is 9.88 Å². The first kappa shape index (κ1) is 17.0. The Balaban J connectivity index is 1.89. The number of carbonyl (C=O) groups is 2. The first-order valence-corrected chi connectivity index (χ1v) is 8.09. The highest BCUT2D eigenvalue weighted by molar-refractivity contribution is 14.1. The normalized spacial score (nSPS) is 10.5. The average Bonchev–Trinajstić information content (AvgIpc) is 3.01. The van der Waals surface area contributed by atoms with Crippen molar-refractivity contribution in [2.24, 2.45) is 0 Å². The molecule has 0 unspecified atom stereocenters. The average molecular weight is 453 g/mol. The van der Waals surface area contributed by atoms with E-state index >= 15 is 0 Å².